The summed E-state index contributed by atoms with van der Waals surface area (Å²) < 4.78 is 0. The van der Waals surface area contributed by atoms with Crippen LogP contribution in [-0.2, 0) is 4.79 Å². The lowest BCUT2D eigenvalue weighted by atomic mass is 9.94. The fourth-order valence-electron chi connectivity index (χ4n) is 2.92. The number of hydrogen-bond acceptors (Lipinski definition) is 2. The van der Waals surface area contributed by atoms with Crippen LogP contribution >= 0.6 is 0 Å². The van der Waals surface area contributed by atoms with Gasteiger partial charge in [0, 0.05) is 6.61 Å². The Kier molecular flexibility index (Phi) is 25.0. The number of carbonyl (C=O) groups is 1. The molecular formula is C22H46O3. The number of unbranched alkanes of at least 4 members (excludes halogenated alkanes) is 11. The molecule has 0 heterocycles. The lowest BCUT2D eigenvalue weighted by Crippen LogP contribution is -2.13. The van der Waals surface area contributed by atoms with Crippen molar-refractivity contribution in [2.45, 2.75) is 124 Å². The van der Waals surface area contributed by atoms with Crippen molar-refractivity contribution in [1.82, 2.24) is 0 Å². The molecule has 1 unspecified atom stereocenters. The van der Waals surface area contributed by atoms with E-state index >= 15 is 0 Å². The van der Waals surface area contributed by atoms with E-state index < -0.39 is 5.97 Å². The largest absolute Gasteiger partial charge is 0.481 e. The zero-order valence-corrected chi connectivity index (χ0v) is 17.4. The predicted octanol–water partition coefficient (Wildman–Crippen LogP) is 6.97. The van der Waals surface area contributed by atoms with Gasteiger partial charge in [0.25, 0.3) is 0 Å². The zero-order valence-electron chi connectivity index (χ0n) is 17.4. The van der Waals surface area contributed by atoms with Crippen molar-refractivity contribution in [3.63, 3.8) is 0 Å². The van der Waals surface area contributed by atoms with E-state index in [1.807, 2.05) is 0 Å². The Balaban J connectivity index is 0. The molecule has 0 aliphatic heterocycles. The maximum absolute atomic E-state index is 11.1. The van der Waals surface area contributed by atoms with Gasteiger partial charge in [0.1, 0.15) is 0 Å². The first-order valence-electron chi connectivity index (χ1n) is 11.0. The van der Waals surface area contributed by atoms with Gasteiger partial charge >= 0.3 is 5.97 Å². The van der Waals surface area contributed by atoms with E-state index in [0.717, 1.165) is 32.1 Å². The molecule has 152 valence electrons. The highest BCUT2D eigenvalue weighted by Crippen LogP contribution is 2.19. The molecule has 25 heavy (non-hydrogen) atoms. The van der Waals surface area contributed by atoms with Crippen molar-refractivity contribution >= 4 is 5.97 Å². The van der Waals surface area contributed by atoms with Gasteiger partial charge in [0.15, 0.2) is 0 Å². The second-order valence-corrected chi connectivity index (χ2v) is 7.23. The van der Waals surface area contributed by atoms with Crippen molar-refractivity contribution < 1.29 is 15.0 Å². The van der Waals surface area contributed by atoms with Gasteiger partial charge < -0.3 is 10.2 Å². The number of hydrogen-bond donors (Lipinski definition) is 2. The van der Waals surface area contributed by atoms with Crippen LogP contribution in [0.5, 0.6) is 0 Å². The molecule has 0 saturated carbocycles. The maximum atomic E-state index is 11.1. The number of carboxylic acid groups (broad SMARTS) is 1. The summed E-state index contributed by atoms with van der Waals surface area (Å²) in [6, 6.07) is 0. The molecule has 0 rings (SSSR count). The number of rotatable bonds is 17. The molecule has 1 atom stereocenters. The van der Waals surface area contributed by atoms with Crippen LogP contribution in [0.25, 0.3) is 0 Å². The van der Waals surface area contributed by atoms with Gasteiger partial charge in [0.2, 0.25) is 0 Å². The standard InChI is InChI=1S/C16H32O2.C6H14O/c1-3-5-7-9-10-12-14-15(16(17)18)13-11-8-6-4-2;1-2-3-4-5-6-7/h15H,3-14H2,1-2H3,(H,17,18);7H,2-6H2,1H3. The number of aliphatic hydroxyl groups excluding tert-OH is 1. The van der Waals surface area contributed by atoms with Crippen molar-refractivity contribution in [1.29, 1.82) is 0 Å². The van der Waals surface area contributed by atoms with Crippen molar-refractivity contribution in [2.24, 2.45) is 5.92 Å². The Morgan fingerprint density at radius 2 is 1.00 bits per heavy atom. The average molecular weight is 359 g/mol. The van der Waals surface area contributed by atoms with E-state index in [1.165, 1.54) is 70.6 Å². The van der Waals surface area contributed by atoms with Crippen molar-refractivity contribution in [3.05, 3.63) is 0 Å². The zero-order chi connectivity index (χ0) is 19.2. The number of aliphatic carboxylic acids is 1. The molecule has 2 N–H and O–H groups in total. The van der Waals surface area contributed by atoms with E-state index in [9.17, 15) is 9.90 Å². The summed E-state index contributed by atoms with van der Waals surface area (Å²) in [5.74, 6) is -0.673. The maximum Gasteiger partial charge on any atom is 0.306 e. The van der Waals surface area contributed by atoms with Crippen LogP contribution in [0.1, 0.15) is 124 Å². The molecule has 0 saturated heterocycles. The Labute approximate surface area is 157 Å². The molecule has 0 radical (unpaired) electrons. The van der Waals surface area contributed by atoms with E-state index in [-0.39, 0.29) is 5.92 Å². The molecular weight excluding hydrogens is 312 g/mol. The topological polar surface area (TPSA) is 57.5 Å². The summed E-state index contributed by atoms with van der Waals surface area (Å²) in [6.45, 7) is 6.93. The van der Waals surface area contributed by atoms with Gasteiger partial charge in [-0.05, 0) is 19.3 Å². The molecule has 0 spiro atoms. The van der Waals surface area contributed by atoms with Gasteiger partial charge in [-0.1, -0.05) is 104 Å². The monoisotopic (exact) mass is 358 g/mol. The fraction of sp³-hybridized carbons (Fsp3) is 0.955. The Bertz CT molecular complexity index is 250. The second-order valence-electron chi connectivity index (χ2n) is 7.23. The summed E-state index contributed by atoms with van der Waals surface area (Å²) in [7, 11) is 0. The third kappa shape index (κ3) is 23.4. The minimum absolute atomic E-state index is 0.0898. The lowest BCUT2D eigenvalue weighted by molar-refractivity contribution is -0.142. The molecule has 0 fully saturated rings. The Morgan fingerprint density at radius 1 is 0.640 bits per heavy atom. The molecule has 0 aliphatic carbocycles. The average Bonchev–Trinajstić information content (AvgIpc) is 2.60. The minimum Gasteiger partial charge on any atom is -0.481 e. The van der Waals surface area contributed by atoms with Crippen LogP contribution in [0, 0.1) is 5.92 Å². The van der Waals surface area contributed by atoms with Crippen LogP contribution in [0.2, 0.25) is 0 Å². The SMILES string of the molecule is CCCCCCCCC(CCCCCC)C(=O)O.CCCCCCO. The Hall–Kier alpha value is -0.570. The Morgan fingerprint density at radius 3 is 1.40 bits per heavy atom. The third-order valence-corrected chi connectivity index (χ3v) is 4.67. The van der Waals surface area contributed by atoms with Gasteiger partial charge in [-0.15, -0.1) is 0 Å². The highest BCUT2D eigenvalue weighted by atomic mass is 16.4. The van der Waals surface area contributed by atoms with Gasteiger partial charge in [-0.3, -0.25) is 4.79 Å². The van der Waals surface area contributed by atoms with Gasteiger partial charge in [0.05, 0.1) is 5.92 Å². The summed E-state index contributed by atoms with van der Waals surface area (Å²) in [6.07, 6.45) is 18.7. The van der Waals surface area contributed by atoms with E-state index in [2.05, 4.69) is 20.8 Å². The van der Waals surface area contributed by atoms with Crippen LogP contribution in [0.3, 0.4) is 0 Å². The molecule has 0 aliphatic rings. The van der Waals surface area contributed by atoms with E-state index in [4.69, 9.17) is 5.11 Å². The third-order valence-electron chi connectivity index (χ3n) is 4.67. The predicted molar refractivity (Wildman–Crippen MR) is 109 cm³/mol. The molecule has 0 amide bonds. The first-order valence-corrected chi connectivity index (χ1v) is 11.0. The van der Waals surface area contributed by atoms with Gasteiger partial charge in [-0.2, -0.15) is 0 Å². The normalized spacial score (nSPS) is 11.7. The first-order chi connectivity index (χ1) is 12.1. The van der Waals surface area contributed by atoms with Gasteiger partial charge in [-0.25, -0.2) is 0 Å². The highest BCUT2D eigenvalue weighted by Gasteiger charge is 2.15. The summed E-state index contributed by atoms with van der Waals surface area (Å²) in [5.41, 5.74) is 0. The molecule has 3 nitrogen and oxygen atoms in total. The molecule has 0 aromatic heterocycles. The summed E-state index contributed by atoms with van der Waals surface area (Å²) in [4.78, 5) is 11.1. The van der Waals surface area contributed by atoms with Crippen LogP contribution in [0.15, 0.2) is 0 Å². The minimum atomic E-state index is -0.583. The number of aliphatic hydroxyl groups is 1. The van der Waals surface area contributed by atoms with E-state index in [1.54, 1.807) is 0 Å². The summed E-state index contributed by atoms with van der Waals surface area (Å²) >= 11 is 0. The lowest BCUT2D eigenvalue weighted by Gasteiger charge is -2.11. The smallest absolute Gasteiger partial charge is 0.306 e. The summed E-state index contributed by atoms with van der Waals surface area (Å²) in [5, 5.41) is 17.5. The van der Waals surface area contributed by atoms with Crippen molar-refractivity contribution in [3.8, 4) is 0 Å². The second kappa shape index (κ2) is 23.4. The molecule has 0 bridgehead atoms. The van der Waals surface area contributed by atoms with Crippen LogP contribution in [-0.4, -0.2) is 22.8 Å². The number of carboxylic acids is 1. The molecule has 0 aromatic carbocycles. The molecule has 3 heteroatoms. The first kappa shape index (κ1) is 26.7. The highest BCUT2D eigenvalue weighted by molar-refractivity contribution is 5.69. The van der Waals surface area contributed by atoms with Crippen molar-refractivity contribution in [2.75, 3.05) is 6.61 Å². The van der Waals surface area contributed by atoms with Crippen LogP contribution < -0.4 is 0 Å². The van der Waals surface area contributed by atoms with E-state index in [0.29, 0.717) is 6.61 Å². The molecule has 0 aromatic rings. The quantitative estimate of drug-likeness (QED) is 0.276. The fourth-order valence-corrected chi connectivity index (χ4v) is 2.92. The van der Waals surface area contributed by atoms with Crippen LogP contribution in [0.4, 0.5) is 0 Å².